The molecule has 0 aliphatic heterocycles. The van der Waals surface area contributed by atoms with Crippen LogP contribution in [0.25, 0.3) is 22.8 Å². The van der Waals surface area contributed by atoms with Crippen LogP contribution >= 0.6 is 11.3 Å². The zero-order valence-corrected chi connectivity index (χ0v) is 14.5. The van der Waals surface area contributed by atoms with E-state index in [-0.39, 0.29) is 18.2 Å². The van der Waals surface area contributed by atoms with Crippen molar-refractivity contribution >= 4 is 17.3 Å². The van der Waals surface area contributed by atoms with Gasteiger partial charge in [0, 0.05) is 16.5 Å². The number of oxazole rings is 1. The lowest BCUT2D eigenvalue weighted by molar-refractivity contribution is 0.0421. The number of ether oxygens (including phenoxy) is 1. The Balaban J connectivity index is 1.45. The fourth-order valence-corrected chi connectivity index (χ4v) is 2.94. The van der Waals surface area contributed by atoms with Gasteiger partial charge in [0.05, 0.1) is 0 Å². The van der Waals surface area contributed by atoms with Gasteiger partial charge in [-0.2, -0.15) is 16.3 Å². The second-order valence-corrected chi connectivity index (χ2v) is 6.17. The molecule has 4 aromatic rings. The van der Waals surface area contributed by atoms with Gasteiger partial charge in [0.15, 0.2) is 12.3 Å². The molecule has 0 aliphatic carbocycles. The van der Waals surface area contributed by atoms with Gasteiger partial charge in [0.2, 0.25) is 11.7 Å². The molecule has 0 atom stereocenters. The Hall–Kier alpha value is -3.26. The summed E-state index contributed by atoms with van der Waals surface area (Å²) in [7, 11) is 0. The van der Waals surface area contributed by atoms with Crippen LogP contribution in [-0.2, 0) is 11.3 Å². The summed E-state index contributed by atoms with van der Waals surface area (Å²) >= 11 is 1.54. The molecule has 0 aliphatic rings. The van der Waals surface area contributed by atoms with Crippen LogP contribution in [0.3, 0.4) is 0 Å². The summed E-state index contributed by atoms with van der Waals surface area (Å²) < 4.78 is 15.9. The van der Waals surface area contributed by atoms with E-state index in [1.54, 1.807) is 6.92 Å². The third kappa shape index (κ3) is 3.27. The molecule has 3 heterocycles. The van der Waals surface area contributed by atoms with Crippen LogP contribution in [0.1, 0.15) is 22.1 Å². The first-order chi connectivity index (χ1) is 12.7. The van der Waals surface area contributed by atoms with Crippen LogP contribution in [0, 0.1) is 6.92 Å². The van der Waals surface area contributed by atoms with Crippen molar-refractivity contribution in [1.29, 1.82) is 0 Å². The number of aromatic nitrogens is 3. The van der Waals surface area contributed by atoms with Gasteiger partial charge < -0.3 is 13.7 Å². The van der Waals surface area contributed by atoms with E-state index < -0.39 is 5.97 Å². The molecule has 7 nitrogen and oxygen atoms in total. The normalized spacial score (nSPS) is 10.8. The first kappa shape index (κ1) is 16.2. The number of aryl methyl sites for hydroxylation is 1. The second kappa shape index (κ2) is 6.93. The van der Waals surface area contributed by atoms with Gasteiger partial charge in [0.1, 0.15) is 5.76 Å². The summed E-state index contributed by atoms with van der Waals surface area (Å²) in [6.45, 7) is 1.53. The molecule has 1 aromatic carbocycles. The summed E-state index contributed by atoms with van der Waals surface area (Å²) in [5.74, 6) is 0.819. The van der Waals surface area contributed by atoms with Gasteiger partial charge in [-0.1, -0.05) is 23.4 Å². The number of nitrogens with zero attached hydrogens (tertiary/aromatic N) is 3. The highest BCUT2D eigenvalue weighted by Gasteiger charge is 2.20. The number of carbonyl (C=O) groups excluding carboxylic acids is 1. The Morgan fingerprint density at radius 2 is 2.00 bits per heavy atom. The number of hydrogen-bond donors (Lipinski definition) is 0. The van der Waals surface area contributed by atoms with E-state index in [0.29, 0.717) is 17.5 Å². The van der Waals surface area contributed by atoms with Crippen LogP contribution in [0.2, 0.25) is 0 Å². The highest BCUT2D eigenvalue weighted by atomic mass is 32.1. The van der Waals surface area contributed by atoms with E-state index in [9.17, 15) is 4.79 Å². The molecule has 0 amide bonds. The van der Waals surface area contributed by atoms with Crippen LogP contribution < -0.4 is 0 Å². The van der Waals surface area contributed by atoms with E-state index in [0.717, 1.165) is 11.1 Å². The monoisotopic (exact) mass is 367 g/mol. The summed E-state index contributed by atoms with van der Waals surface area (Å²) in [6.07, 6.45) is 0. The van der Waals surface area contributed by atoms with E-state index in [1.807, 2.05) is 47.2 Å². The van der Waals surface area contributed by atoms with Crippen molar-refractivity contribution in [2.45, 2.75) is 13.5 Å². The van der Waals surface area contributed by atoms with Crippen LogP contribution in [0.15, 0.2) is 56.1 Å². The van der Waals surface area contributed by atoms with Crippen molar-refractivity contribution < 1.29 is 18.5 Å². The lowest BCUT2D eigenvalue weighted by Gasteiger charge is -1.98. The van der Waals surface area contributed by atoms with Crippen molar-refractivity contribution in [1.82, 2.24) is 15.1 Å². The quantitative estimate of drug-likeness (QED) is 0.490. The zero-order valence-electron chi connectivity index (χ0n) is 13.7. The van der Waals surface area contributed by atoms with E-state index in [2.05, 4.69) is 15.1 Å². The van der Waals surface area contributed by atoms with E-state index in [1.165, 1.54) is 11.3 Å². The van der Waals surface area contributed by atoms with Crippen molar-refractivity contribution in [3.05, 3.63) is 64.5 Å². The summed E-state index contributed by atoms with van der Waals surface area (Å²) in [6, 6.07) is 11.2. The highest BCUT2D eigenvalue weighted by Crippen LogP contribution is 2.22. The molecule has 130 valence electrons. The van der Waals surface area contributed by atoms with E-state index >= 15 is 0 Å². The smallest absolute Gasteiger partial charge is 0.361 e. The van der Waals surface area contributed by atoms with Gasteiger partial charge in [-0.25, -0.2) is 9.78 Å². The Morgan fingerprint density at radius 3 is 2.77 bits per heavy atom. The van der Waals surface area contributed by atoms with Crippen LogP contribution in [-0.4, -0.2) is 21.1 Å². The molecule has 3 aromatic heterocycles. The summed E-state index contributed by atoms with van der Waals surface area (Å²) in [5, 5.41) is 7.69. The number of carbonyl (C=O) groups is 1. The molecule has 0 spiro atoms. The average Bonchev–Trinajstić information content (AvgIpc) is 3.40. The number of esters is 1. The SMILES string of the molecule is Cc1oc(-c2ccccc2)nc1C(=O)OCc1nc(-c2ccsc2)no1. The number of benzene rings is 1. The van der Waals surface area contributed by atoms with Crippen molar-refractivity contribution in [2.24, 2.45) is 0 Å². The molecule has 0 saturated heterocycles. The molecule has 0 fully saturated rings. The first-order valence-electron chi connectivity index (χ1n) is 7.76. The molecular formula is C18H13N3O4S. The Kier molecular flexibility index (Phi) is 4.32. The molecule has 0 saturated carbocycles. The minimum Gasteiger partial charge on any atom is -0.451 e. The van der Waals surface area contributed by atoms with Gasteiger partial charge in [-0.3, -0.25) is 0 Å². The lowest BCUT2D eigenvalue weighted by Crippen LogP contribution is -2.07. The molecule has 4 rings (SSSR count). The molecular weight excluding hydrogens is 354 g/mol. The molecule has 0 unspecified atom stereocenters. The van der Waals surface area contributed by atoms with Crippen molar-refractivity contribution in [3.63, 3.8) is 0 Å². The van der Waals surface area contributed by atoms with Gasteiger partial charge in [0.25, 0.3) is 5.89 Å². The molecule has 0 radical (unpaired) electrons. The number of hydrogen-bond acceptors (Lipinski definition) is 8. The highest BCUT2D eigenvalue weighted by molar-refractivity contribution is 7.08. The molecule has 8 heteroatoms. The average molecular weight is 367 g/mol. The Bertz CT molecular complexity index is 1020. The standard InChI is InChI=1S/C18H13N3O4S/c1-11-15(20-17(24-11)12-5-3-2-4-6-12)18(22)23-9-14-19-16(21-25-14)13-7-8-26-10-13/h2-8,10H,9H2,1H3. The predicted octanol–water partition coefficient (Wildman–Crippen LogP) is 4.12. The largest absolute Gasteiger partial charge is 0.451 e. The maximum Gasteiger partial charge on any atom is 0.361 e. The number of rotatable bonds is 5. The summed E-state index contributed by atoms with van der Waals surface area (Å²) in [4.78, 5) is 20.7. The maximum atomic E-state index is 12.3. The Morgan fingerprint density at radius 1 is 1.15 bits per heavy atom. The zero-order chi connectivity index (χ0) is 17.9. The van der Waals surface area contributed by atoms with Crippen molar-refractivity contribution in [2.75, 3.05) is 0 Å². The Labute approximate surface area is 152 Å². The van der Waals surface area contributed by atoms with Crippen molar-refractivity contribution in [3.8, 4) is 22.8 Å². The fourth-order valence-electron chi connectivity index (χ4n) is 2.31. The maximum absolute atomic E-state index is 12.3. The second-order valence-electron chi connectivity index (χ2n) is 5.39. The minimum atomic E-state index is -0.608. The predicted molar refractivity (Wildman–Crippen MR) is 93.4 cm³/mol. The topological polar surface area (TPSA) is 91.2 Å². The van der Waals surface area contributed by atoms with Crippen LogP contribution in [0.4, 0.5) is 0 Å². The summed E-state index contributed by atoms with van der Waals surface area (Å²) in [5.41, 5.74) is 1.77. The van der Waals surface area contributed by atoms with E-state index in [4.69, 9.17) is 13.7 Å². The minimum absolute atomic E-state index is 0.126. The van der Waals surface area contributed by atoms with Gasteiger partial charge in [-0.05, 0) is 30.5 Å². The lowest BCUT2D eigenvalue weighted by atomic mass is 10.2. The molecule has 0 N–H and O–H groups in total. The molecule has 26 heavy (non-hydrogen) atoms. The third-order valence-corrected chi connectivity index (χ3v) is 4.27. The third-order valence-electron chi connectivity index (χ3n) is 3.58. The van der Waals surface area contributed by atoms with Gasteiger partial charge >= 0.3 is 5.97 Å². The number of thiophene rings is 1. The van der Waals surface area contributed by atoms with Crippen LogP contribution in [0.5, 0.6) is 0 Å². The van der Waals surface area contributed by atoms with Gasteiger partial charge in [-0.15, -0.1) is 0 Å². The fraction of sp³-hybridized carbons (Fsp3) is 0.111. The molecule has 0 bridgehead atoms. The first-order valence-corrected chi connectivity index (χ1v) is 8.70.